The van der Waals surface area contributed by atoms with E-state index in [9.17, 15) is 9.59 Å². The van der Waals surface area contributed by atoms with E-state index in [2.05, 4.69) is 0 Å². The molecule has 1 aliphatic heterocycles. The van der Waals surface area contributed by atoms with Crippen LogP contribution < -0.4 is 14.9 Å². The number of carbonyl (C=O) groups is 1. The fraction of sp³-hybridized carbons (Fsp3) is 0.360. The summed E-state index contributed by atoms with van der Waals surface area (Å²) in [5, 5.41) is 0.466. The molecular formula is C25H28N2O5. The van der Waals surface area contributed by atoms with Gasteiger partial charge in [-0.15, -0.1) is 0 Å². The zero-order valence-electron chi connectivity index (χ0n) is 18.9. The Bertz CT molecular complexity index is 1200. The fourth-order valence-corrected chi connectivity index (χ4v) is 4.04. The minimum absolute atomic E-state index is 0.114. The zero-order valence-corrected chi connectivity index (χ0v) is 18.9. The molecular weight excluding hydrogens is 408 g/mol. The molecule has 1 atom stereocenters. The van der Waals surface area contributed by atoms with E-state index in [-0.39, 0.29) is 17.1 Å². The third-order valence-corrected chi connectivity index (χ3v) is 5.63. The van der Waals surface area contributed by atoms with Gasteiger partial charge in [0.05, 0.1) is 30.7 Å². The molecule has 0 N–H and O–H groups in total. The Hall–Kier alpha value is -3.32. The van der Waals surface area contributed by atoms with E-state index in [4.69, 9.17) is 13.9 Å². The number of amides is 1. The molecule has 32 heavy (non-hydrogen) atoms. The molecule has 1 aromatic heterocycles. The van der Waals surface area contributed by atoms with Gasteiger partial charge in [0.2, 0.25) is 5.76 Å². The van der Waals surface area contributed by atoms with Gasteiger partial charge in [-0.3, -0.25) is 9.59 Å². The van der Waals surface area contributed by atoms with Gasteiger partial charge in [0.25, 0.3) is 5.91 Å². The van der Waals surface area contributed by atoms with Gasteiger partial charge >= 0.3 is 0 Å². The third-order valence-electron chi connectivity index (χ3n) is 5.63. The van der Waals surface area contributed by atoms with Gasteiger partial charge in [-0.25, -0.2) is 0 Å². The summed E-state index contributed by atoms with van der Waals surface area (Å²) in [6, 6.07) is 12.0. The summed E-state index contributed by atoms with van der Waals surface area (Å²) in [5.74, 6) is 1.03. The van der Waals surface area contributed by atoms with Crippen LogP contribution in [0.15, 0.2) is 51.7 Å². The van der Waals surface area contributed by atoms with Gasteiger partial charge in [-0.05, 0) is 50.3 Å². The first kappa shape index (κ1) is 21.9. The highest BCUT2D eigenvalue weighted by Crippen LogP contribution is 2.40. The van der Waals surface area contributed by atoms with E-state index < -0.39 is 6.04 Å². The van der Waals surface area contributed by atoms with Gasteiger partial charge < -0.3 is 23.7 Å². The number of fused-ring (bicyclic) bond motifs is 2. The lowest BCUT2D eigenvalue weighted by Crippen LogP contribution is -2.35. The SMILES string of the molecule is CCCOc1ccc([C@H]2c3c(oc4ccccc4c3=O)C(=O)N2CCN(C)C)cc1OC. The van der Waals surface area contributed by atoms with Crippen molar-refractivity contribution in [2.45, 2.75) is 19.4 Å². The smallest absolute Gasteiger partial charge is 0.290 e. The highest BCUT2D eigenvalue weighted by molar-refractivity contribution is 5.99. The van der Waals surface area contributed by atoms with E-state index in [1.54, 1.807) is 36.3 Å². The number of hydrogen-bond acceptors (Lipinski definition) is 6. The van der Waals surface area contributed by atoms with Crippen molar-refractivity contribution < 1.29 is 18.7 Å². The first-order valence-electron chi connectivity index (χ1n) is 10.8. The summed E-state index contributed by atoms with van der Waals surface area (Å²) in [6.07, 6.45) is 0.877. The molecule has 0 unspecified atom stereocenters. The van der Waals surface area contributed by atoms with Crippen molar-refractivity contribution in [2.24, 2.45) is 0 Å². The van der Waals surface area contributed by atoms with Crippen molar-refractivity contribution in [1.29, 1.82) is 0 Å². The Morgan fingerprint density at radius 2 is 1.88 bits per heavy atom. The molecule has 3 aromatic rings. The van der Waals surface area contributed by atoms with E-state index >= 15 is 0 Å². The third kappa shape index (κ3) is 3.84. The van der Waals surface area contributed by atoms with Crippen LogP contribution in [0.3, 0.4) is 0 Å². The highest BCUT2D eigenvalue weighted by Gasteiger charge is 2.42. The van der Waals surface area contributed by atoms with Gasteiger partial charge in [0, 0.05) is 13.1 Å². The van der Waals surface area contributed by atoms with Crippen molar-refractivity contribution in [2.75, 3.05) is 40.9 Å². The van der Waals surface area contributed by atoms with Crippen molar-refractivity contribution in [3.8, 4) is 11.5 Å². The van der Waals surface area contributed by atoms with Crippen LogP contribution in [-0.4, -0.2) is 56.6 Å². The molecule has 0 fully saturated rings. The van der Waals surface area contributed by atoms with Crippen LogP contribution >= 0.6 is 0 Å². The van der Waals surface area contributed by atoms with Crippen LogP contribution in [0.1, 0.15) is 41.1 Å². The molecule has 4 rings (SSSR count). The Morgan fingerprint density at radius 3 is 2.59 bits per heavy atom. The molecule has 2 heterocycles. The van der Waals surface area contributed by atoms with Crippen LogP contribution in [0.5, 0.6) is 11.5 Å². The maximum Gasteiger partial charge on any atom is 0.290 e. The zero-order chi connectivity index (χ0) is 22.8. The lowest BCUT2D eigenvalue weighted by Gasteiger charge is -2.27. The fourth-order valence-electron chi connectivity index (χ4n) is 4.04. The number of likely N-dealkylation sites (N-methyl/N-ethyl adjacent to an activating group) is 1. The van der Waals surface area contributed by atoms with E-state index in [1.165, 1.54) is 0 Å². The van der Waals surface area contributed by atoms with Crippen LogP contribution in [0, 0.1) is 0 Å². The maximum absolute atomic E-state index is 13.5. The van der Waals surface area contributed by atoms with E-state index in [0.29, 0.717) is 47.7 Å². The molecule has 7 nitrogen and oxygen atoms in total. The Balaban J connectivity index is 1.87. The second kappa shape index (κ2) is 9.04. The topological polar surface area (TPSA) is 72.2 Å². The monoisotopic (exact) mass is 436 g/mol. The number of nitrogens with zero attached hydrogens (tertiary/aromatic N) is 2. The van der Waals surface area contributed by atoms with Crippen molar-refractivity contribution in [1.82, 2.24) is 9.80 Å². The second-order valence-corrected chi connectivity index (χ2v) is 8.13. The Morgan fingerprint density at radius 1 is 1.09 bits per heavy atom. The summed E-state index contributed by atoms with van der Waals surface area (Å²) in [4.78, 5) is 30.6. The molecule has 0 radical (unpaired) electrons. The first-order valence-corrected chi connectivity index (χ1v) is 10.8. The molecule has 1 aliphatic rings. The number of carbonyl (C=O) groups excluding carboxylic acids is 1. The Labute approximate surface area is 187 Å². The lowest BCUT2D eigenvalue weighted by atomic mass is 9.98. The maximum atomic E-state index is 13.5. The van der Waals surface area contributed by atoms with Crippen LogP contribution in [0.25, 0.3) is 11.0 Å². The quantitative estimate of drug-likeness (QED) is 0.536. The number of methoxy groups -OCH3 is 1. The minimum atomic E-state index is -0.563. The van der Waals surface area contributed by atoms with Crippen molar-refractivity contribution in [3.05, 3.63) is 69.6 Å². The molecule has 0 saturated heterocycles. The van der Waals surface area contributed by atoms with Crippen molar-refractivity contribution >= 4 is 16.9 Å². The number of rotatable bonds is 8. The summed E-state index contributed by atoms with van der Waals surface area (Å²) < 4.78 is 17.3. The molecule has 7 heteroatoms. The second-order valence-electron chi connectivity index (χ2n) is 8.13. The van der Waals surface area contributed by atoms with Gasteiger partial charge in [-0.1, -0.05) is 25.1 Å². The average molecular weight is 437 g/mol. The molecule has 1 amide bonds. The first-order chi connectivity index (χ1) is 15.5. The largest absolute Gasteiger partial charge is 0.493 e. The predicted octanol–water partition coefficient (Wildman–Crippen LogP) is 3.70. The van der Waals surface area contributed by atoms with Crippen molar-refractivity contribution in [3.63, 3.8) is 0 Å². The molecule has 0 aliphatic carbocycles. The molecule has 0 bridgehead atoms. The normalized spacial score (nSPS) is 15.5. The number of para-hydroxylation sites is 1. The van der Waals surface area contributed by atoms with Crippen LogP contribution in [0.2, 0.25) is 0 Å². The van der Waals surface area contributed by atoms with E-state index in [0.717, 1.165) is 12.0 Å². The van der Waals surface area contributed by atoms with Gasteiger partial charge in [-0.2, -0.15) is 0 Å². The van der Waals surface area contributed by atoms with Gasteiger partial charge in [0.1, 0.15) is 5.58 Å². The minimum Gasteiger partial charge on any atom is -0.493 e. The van der Waals surface area contributed by atoms with Crippen LogP contribution in [0.4, 0.5) is 0 Å². The van der Waals surface area contributed by atoms with Gasteiger partial charge in [0.15, 0.2) is 16.9 Å². The number of benzene rings is 2. The average Bonchev–Trinajstić information content (AvgIpc) is 3.08. The standard InChI is InChI=1S/C25H28N2O5/c1-5-14-31-19-11-10-16(15-20(19)30-4)22-21-23(28)17-8-6-7-9-18(17)32-24(21)25(29)27(22)13-12-26(2)3/h6-11,15,22H,5,12-14H2,1-4H3/t22-/m0/s1. The molecule has 0 spiro atoms. The summed E-state index contributed by atoms with van der Waals surface area (Å²) in [6.45, 7) is 3.71. The predicted molar refractivity (Wildman–Crippen MR) is 123 cm³/mol. The van der Waals surface area contributed by atoms with Crippen LogP contribution in [-0.2, 0) is 0 Å². The molecule has 168 valence electrons. The number of ether oxygens (including phenoxy) is 2. The summed E-state index contributed by atoms with van der Waals surface area (Å²) in [5.41, 5.74) is 1.38. The van der Waals surface area contributed by atoms with E-state index in [1.807, 2.05) is 44.1 Å². The Kier molecular flexibility index (Phi) is 6.19. The lowest BCUT2D eigenvalue weighted by molar-refractivity contribution is 0.0716. The highest BCUT2D eigenvalue weighted by atomic mass is 16.5. The summed E-state index contributed by atoms with van der Waals surface area (Å²) in [7, 11) is 5.48. The number of hydrogen-bond donors (Lipinski definition) is 0. The summed E-state index contributed by atoms with van der Waals surface area (Å²) >= 11 is 0. The molecule has 0 saturated carbocycles. The molecule has 2 aromatic carbocycles.